The molecule has 1 fully saturated rings. The van der Waals surface area contributed by atoms with Crippen LogP contribution in [0.25, 0.3) is 10.8 Å². The number of H-pyrrole nitrogens is 1. The Bertz CT molecular complexity index is 645. The summed E-state index contributed by atoms with van der Waals surface area (Å²) in [6, 6.07) is 0.644. The van der Waals surface area contributed by atoms with Gasteiger partial charge in [-0.15, -0.1) is 16.4 Å². The van der Waals surface area contributed by atoms with Crippen LogP contribution < -0.4 is 0 Å². The molecule has 7 heteroatoms. The SMILES string of the molecule is Cc1nc(CN2CCCCC2C)sc1-c1n[nH]c(=S)o1. The summed E-state index contributed by atoms with van der Waals surface area (Å²) in [4.78, 5) is 8.43. The maximum atomic E-state index is 5.38. The highest BCUT2D eigenvalue weighted by Crippen LogP contribution is 2.30. The fourth-order valence-corrected chi connectivity index (χ4v) is 3.75. The second kappa shape index (κ2) is 5.75. The third-order valence-corrected chi connectivity index (χ3v) is 5.06. The number of aryl methyl sites for hydroxylation is 1. The van der Waals surface area contributed by atoms with Crippen LogP contribution in [0.1, 0.15) is 36.9 Å². The van der Waals surface area contributed by atoms with E-state index in [9.17, 15) is 0 Å². The zero-order valence-corrected chi connectivity index (χ0v) is 13.3. The van der Waals surface area contributed by atoms with Crippen LogP contribution in [0.3, 0.4) is 0 Å². The molecule has 5 nitrogen and oxygen atoms in total. The Morgan fingerprint density at radius 1 is 1.50 bits per heavy atom. The predicted octanol–water partition coefficient (Wildman–Crippen LogP) is 3.54. The van der Waals surface area contributed by atoms with Gasteiger partial charge in [-0.05, 0) is 45.5 Å². The highest BCUT2D eigenvalue weighted by Gasteiger charge is 2.21. The van der Waals surface area contributed by atoms with Crippen molar-refractivity contribution in [2.75, 3.05) is 6.54 Å². The van der Waals surface area contributed by atoms with E-state index < -0.39 is 0 Å². The van der Waals surface area contributed by atoms with E-state index in [1.165, 1.54) is 19.3 Å². The standard InChI is InChI=1S/C13H18N4OS2/c1-8-5-3-4-6-17(8)7-10-14-9(2)11(20-10)12-15-16-13(19)18-12/h8H,3-7H2,1-2H3,(H,16,19). The summed E-state index contributed by atoms with van der Waals surface area (Å²) in [5, 5.41) is 7.86. The lowest BCUT2D eigenvalue weighted by molar-refractivity contribution is 0.152. The lowest BCUT2D eigenvalue weighted by Gasteiger charge is -2.32. The Morgan fingerprint density at radius 3 is 3.05 bits per heavy atom. The molecule has 108 valence electrons. The van der Waals surface area contributed by atoms with Crippen molar-refractivity contribution in [2.45, 2.75) is 45.7 Å². The van der Waals surface area contributed by atoms with Gasteiger partial charge in [0.15, 0.2) is 0 Å². The minimum absolute atomic E-state index is 0.305. The molecule has 1 aliphatic rings. The molecule has 0 spiro atoms. The molecule has 0 bridgehead atoms. The largest absolute Gasteiger partial charge is 0.408 e. The van der Waals surface area contributed by atoms with Crippen molar-refractivity contribution in [3.8, 4) is 10.8 Å². The minimum Gasteiger partial charge on any atom is -0.408 e. The van der Waals surface area contributed by atoms with Crippen molar-refractivity contribution in [3.63, 3.8) is 0 Å². The van der Waals surface area contributed by atoms with E-state index in [4.69, 9.17) is 16.6 Å². The number of rotatable bonds is 3. The summed E-state index contributed by atoms with van der Waals surface area (Å²) < 4.78 is 5.38. The third-order valence-electron chi connectivity index (χ3n) is 3.75. The molecular weight excluding hydrogens is 292 g/mol. The number of likely N-dealkylation sites (tertiary alicyclic amines) is 1. The van der Waals surface area contributed by atoms with Crippen molar-refractivity contribution in [1.82, 2.24) is 20.1 Å². The normalized spacial score (nSPS) is 20.4. The quantitative estimate of drug-likeness (QED) is 0.879. The van der Waals surface area contributed by atoms with Crippen molar-refractivity contribution < 1.29 is 4.42 Å². The maximum Gasteiger partial charge on any atom is 0.284 e. The summed E-state index contributed by atoms with van der Waals surface area (Å²) >= 11 is 6.57. The first-order chi connectivity index (χ1) is 9.63. The molecule has 0 radical (unpaired) electrons. The van der Waals surface area contributed by atoms with Crippen LogP contribution in [0.5, 0.6) is 0 Å². The molecule has 1 atom stereocenters. The molecule has 2 aromatic heterocycles. The van der Waals surface area contributed by atoms with Gasteiger partial charge in [0.2, 0.25) is 0 Å². The highest BCUT2D eigenvalue weighted by molar-refractivity contribution is 7.71. The zero-order valence-electron chi connectivity index (χ0n) is 11.7. The molecule has 1 aliphatic heterocycles. The molecule has 3 rings (SSSR count). The van der Waals surface area contributed by atoms with Crippen molar-refractivity contribution in [1.29, 1.82) is 0 Å². The lowest BCUT2D eigenvalue weighted by Crippen LogP contribution is -2.36. The van der Waals surface area contributed by atoms with Gasteiger partial charge in [-0.25, -0.2) is 10.1 Å². The van der Waals surface area contributed by atoms with Crippen LogP contribution in [0.4, 0.5) is 0 Å². The number of piperidine rings is 1. The van der Waals surface area contributed by atoms with Crippen LogP contribution in [0.15, 0.2) is 4.42 Å². The fraction of sp³-hybridized carbons (Fsp3) is 0.615. The Morgan fingerprint density at radius 2 is 2.35 bits per heavy atom. The fourth-order valence-electron chi connectivity index (χ4n) is 2.61. The molecule has 1 N–H and O–H groups in total. The maximum absolute atomic E-state index is 5.38. The molecule has 3 heterocycles. The number of aromatic amines is 1. The molecule has 0 saturated carbocycles. The van der Waals surface area contributed by atoms with E-state index in [0.717, 1.165) is 28.7 Å². The van der Waals surface area contributed by atoms with Crippen LogP contribution in [0, 0.1) is 11.8 Å². The summed E-state index contributed by atoms with van der Waals surface area (Å²) in [7, 11) is 0. The first-order valence-electron chi connectivity index (χ1n) is 6.89. The first-order valence-corrected chi connectivity index (χ1v) is 8.12. The molecule has 0 aromatic carbocycles. The average Bonchev–Trinajstić information content (AvgIpc) is 2.98. The number of thiazole rings is 1. The van der Waals surface area contributed by atoms with Crippen molar-refractivity contribution >= 4 is 23.6 Å². The number of nitrogens with zero attached hydrogens (tertiary/aromatic N) is 3. The van der Waals surface area contributed by atoms with Crippen molar-refractivity contribution in [2.24, 2.45) is 0 Å². The smallest absolute Gasteiger partial charge is 0.284 e. The van der Waals surface area contributed by atoms with Gasteiger partial charge in [-0.1, -0.05) is 6.42 Å². The first kappa shape index (κ1) is 13.9. The summed E-state index contributed by atoms with van der Waals surface area (Å²) in [5.41, 5.74) is 0.958. The van der Waals surface area contributed by atoms with E-state index in [1.807, 2.05) is 6.92 Å². The molecule has 0 aliphatic carbocycles. The van der Waals surface area contributed by atoms with E-state index in [0.29, 0.717) is 16.8 Å². The summed E-state index contributed by atoms with van der Waals surface area (Å²) in [5.74, 6) is 0.544. The van der Waals surface area contributed by atoms with Gasteiger partial charge in [0, 0.05) is 6.04 Å². The minimum atomic E-state index is 0.305. The van der Waals surface area contributed by atoms with Crippen LogP contribution in [-0.4, -0.2) is 32.7 Å². The molecular formula is C13H18N4OS2. The van der Waals surface area contributed by atoms with Gasteiger partial charge in [0.25, 0.3) is 10.7 Å². The van der Waals surface area contributed by atoms with E-state index >= 15 is 0 Å². The van der Waals surface area contributed by atoms with Crippen molar-refractivity contribution in [3.05, 3.63) is 15.5 Å². The van der Waals surface area contributed by atoms with Gasteiger partial charge < -0.3 is 4.42 Å². The second-order valence-corrected chi connectivity index (χ2v) is 6.71. The number of nitrogens with one attached hydrogen (secondary N) is 1. The average molecular weight is 310 g/mol. The van der Waals surface area contributed by atoms with Gasteiger partial charge in [-0.3, -0.25) is 4.90 Å². The van der Waals surface area contributed by atoms with Gasteiger partial charge >= 0.3 is 0 Å². The highest BCUT2D eigenvalue weighted by atomic mass is 32.1. The van der Waals surface area contributed by atoms with Gasteiger partial charge in [0.05, 0.1) is 12.2 Å². The Kier molecular flexibility index (Phi) is 4.00. The summed E-state index contributed by atoms with van der Waals surface area (Å²) in [6.07, 6.45) is 3.91. The van der Waals surface area contributed by atoms with Crippen LogP contribution in [-0.2, 0) is 6.54 Å². The molecule has 1 saturated heterocycles. The second-order valence-electron chi connectivity index (χ2n) is 5.26. The number of aromatic nitrogens is 3. The predicted molar refractivity (Wildman–Crippen MR) is 81.3 cm³/mol. The van der Waals surface area contributed by atoms with Crippen LogP contribution in [0.2, 0.25) is 0 Å². The third kappa shape index (κ3) is 2.84. The van der Waals surface area contributed by atoms with Crippen LogP contribution >= 0.6 is 23.6 Å². The molecule has 1 unspecified atom stereocenters. The van der Waals surface area contributed by atoms with Gasteiger partial charge in [-0.2, -0.15) is 0 Å². The molecule has 0 amide bonds. The van der Waals surface area contributed by atoms with E-state index in [2.05, 4.69) is 27.0 Å². The zero-order chi connectivity index (χ0) is 14.1. The Hall–Kier alpha value is -1.05. The molecule has 2 aromatic rings. The number of hydrogen-bond acceptors (Lipinski definition) is 6. The number of hydrogen-bond donors (Lipinski definition) is 1. The Labute approximate surface area is 127 Å². The summed E-state index contributed by atoms with van der Waals surface area (Å²) in [6.45, 7) is 6.37. The van der Waals surface area contributed by atoms with E-state index in [-0.39, 0.29) is 0 Å². The monoisotopic (exact) mass is 310 g/mol. The Balaban J connectivity index is 1.80. The molecule has 20 heavy (non-hydrogen) atoms. The van der Waals surface area contributed by atoms with Gasteiger partial charge in [0.1, 0.15) is 9.88 Å². The topological polar surface area (TPSA) is 58.0 Å². The lowest BCUT2D eigenvalue weighted by atomic mass is 10.0. The van der Waals surface area contributed by atoms with E-state index in [1.54, 1.807) is 11.3 Å².